The van der Waals surface area contributed by atoms with Crippen LogP contribution in [-0.4, -0.2) is 37.1 Å². The van der Waals surface area contributed by atoms with Gasteiger partial charge in [-0.2, -0.15) is 0 Å². The van der Waals surface area contributed by atoms with E-state index < -0.39 is 0 Å². The quantitative estimate of drug-likeness (QED) is 0.865. The van der Waals surface area contributed by atoms with E-state index in [1.54, 1.807) is 6.92 Å². The summed E-state index contributed by atoms with van der Waals surface area (Å²) in [4.78, 5) is 24.7. The third-order valence-electron chi connectivity index (χ3n) is 4.53. The molecule has 3 atom stereocenters. The van der Waals surface area contributed by atoms with Gasteiger partial charge in [-0.15, -0.1) is 0 Å². The van der Waals surface area contributed by atoms with Crippen LogP contribution in [0.2, 0.25) is 0 Å². The van der Waals surface area contributed by atoms with Crippen molar-refractivity contribution in [2.24, 2.45) is 0 Å². The highest BCUT2D eigenvalue weighted by atomic mass is 16.5. The predicted octanol–water partition coefficient (Wildman–Crippen LogP) is 1.82. The Morgan fingerprint density at radius 1 is 1.32 bits per heavy atom. The molecular formula is C17H22N2O3. The summed E-state index contributed by atoms with van der Waals surface area (Å²) < 4.78 is 5.27. The molecule has 3 unspecified atom stereocenters. The van der Waals surface area contributed by atoms with Crippen LogP contribution in [0.25, 0.3) is 0 Å². The fourth-order valence-corrected chi connectivity index (χ4v) is 3.62. The van der Waals surface area contributed by atoms with E-state index >= 15 is 0 Å². The van der Waals surface area contributed by atoms with E-state index in [9.17, 15) is 9.59 Å². The molecule has 1 N–H and O–H groups in total. The largest absolute Gasteiger partial charge is 0.461 e. The number of para-hydroxylation sites is 1. The molecule has 2 aliphatic rings. The van der Waals surface area contributed by atoms with Crippen molar-refractivity contribution >= 4 is 17.6 Å². The highest BCUT2D eigenvalue weighted by Gasteiger charge is 2.34. The number of nitrogens with zero attached hydrogens (tertiary/aromatic N) is 1. The van der Waals surface area contributed by atoms with Crippen LogP contribution in [0.3, 0.4) is 0 Å². The molecular weight excluding hydrogens is 280 g/mol. The summed E-state index contributed by atoms with van der Waals surface area (Å²) in [5.74, 6) is 0.210. The van der Waals surface area contributed by atoms with Gasteiger partial charge in [0.25, 0.3) is 0 Å². The van der Waals surface area contributed by atoms with Gasteiger partial charge in [-0.25, -0.2) is 0 Å². The molecule has 0 bridgehead atoms. The van der Waals surface area contributed by atoms with Crippen molar-refractivity contribution in [2.75, 3.05) is 18.0 Å². The van der Waals surface area contributed by atoms with Gasteiger partial charge < -0.3 is 15.0 Å². The van der Waals surface area contributed by atoms with Gasteiger partial charge in [0.1, 0.15) is 6.10 Å². The average Bonchev–Trinajstić information content (AvgIpc) is 3.04. The second-order valence-corrected chi connectivity index (χ2v) is 6.19. The van der Waals surface area contributed by atoms with Gasteiger partial charge in [0, 0.05) is 51.0 Å². The minimum absolute atomic E-state index is 0.0249. The van der Waals surface area contributed by atoms with Crippen LogP contribution in [0, 0.1) is 0 Å². The lowest BCUT2D eigenvalue weighted by molar-refractivity contribution is -0.145. The van der Waals surface area contributed by atoms with Crippen molar-refractivity contribution in [2.45, 2.75) is 44.8 Å². The molecule has 0 aliphatic carbocycles. The maximum Gasteiger partial charge on any atom is 0.302 e. The molecule has 0 saturated carbocycles. The summed E-state index contributed by atoms with van der Waals surface area (Å²) in [5, 5.41) is 3.43. The normalized spacial score (nSPS) is 26.8. The minimum atomic E-state index is -0.221. The van der Waals surface area contributed by atoms with Crippen molar-refractivity contribution < 1.29 is 14.3 Å². The first-order valence-electron chi connectivity index (χ1n) is 7.82. The number of fused-ring (bicyclic) bond motifs is 1. The molecule has 1 aromatic carbocycles. The Kier molecular flexibility index (Phi) is 4.16. The first-order valence-corrected chi connectivity index (χ1v) is 7.82. The number of anilines is 1. The zero-order valence-corrected chi connectivity index (χ0v) is 13.0. The summed E-state index contributed by atoms with van der Waals surface area (Å²) >= 11 is 0. The molecule has 0 radical (unpaired) electrons. The first-order chi connectivity index (χ1) is 10.5. The molecule has 5 heteroatoms. The van der Waals surface area contributed by atoms with Crippen LogP contribution >= 0.6 is 0 Å². The average molecular weight is 302 g/mol. The fourth-order valence-electron chi connectivity index (χ4n) is 3.62. The summed E-state index contributed by atoms with van der Waals surface area (Å²) in [5.41, 5.74) is 2.28. The van der Waals surface area contributed by atoms with Gasteiger partial charge >= 0.3 is 5.97 Å². The van der Waals surface area contributed by atoms with Crippen LogP contribution in [0.4, 0.5) is 5.69 Å². The van der Waals surface area contributed by atoms with Crippen LogP contribution < -0.4 is 10.2 Å². The van der Waals surface area contributed by atoms with Gasteiger partial charge in [0.05, 0.1) is 0 Å². The number of amides is 1. The lowest BCUT2D eigenvalue weighted by Crippen LogP contribution is -2.29. The molecule has 22 heavy (non-hydrogen) atoms. The SMILES string of the molecule is CC(=O)OC1CNC(CC2CN(C(C)=O)c3ccccc32)C1. The standard InChI is InChI=1S/C17H22N2O3/c1-11(20)19-10-13(16-5-3-4-6-17(16)19)7-14-8-15(9-18-14)22-12(2)21/h3-6,13-15,18H,7-10H2,1-2H3. The monoisotopic (exact) mass is 302 g/mol. The highest BCUT2D eigenvalue weighted by molar-refractivity contribution is 5.94. The van der Waals surface area contributed by atoms with E-state index in [1.807, 2.05) is 23.1 Å². The summed E-state index contributed by atoms with van der Waals surface area (Å²) in [6, 6.07) is 8.46. The maximum absolute atomic E-state index is 11.8. The molecule has 3 rings (SSSR count). The van der Waals surface area contributed by atoms with Crippen LogP contribution in [0.15, 0.2) is 24.3 Å². The fraction of sp³-hybridized carbons (Fsp3) is 0.529. The van der Waals surface area contributed by atoms with Gasteiger partial charge in [-0.05, 0) is 18.1 Å². The lowest BCUT2D eigenvalue weighted by Gasteiger charge is -2.18. The van der Waals surface area contributed by atoms with E-state index in [4.69, 9.17) is 4.74 Å². The molecule has 0 aromatic heterocycles. The number of esters is 1. The van der Waals surface area contributed by atoms with Crippen molar-refractivity contribution in [3.63, 3.8) is 0 Å². The van der Waals surface area contributed by atoms with Crippen molar-refractivity contribution in [1.82, 2.24) is 5.32 Å². The Morgan fingerprint density at radius 3 is 2.82 bits per heavy atom. The topological polar surface area (TPSA) is 58.6 Å². The lowest BCUT2D eigenvalue weighted by atomic mass is 9.93. The first kappa shape index (κ1) is 15.0. The number of hydrogen-bond acceptors (Lipinski definition) is 4. The van der Waals surface area contributed by atoms with Gasteiger partial charge in [-0.1, -0.05) is 18.2 Å². The molecule has 5 nitrogen and oxygen atoms in total. The summed E-state index contributed by atoms with van der Waals surface area (Å²) in [7, 11) is 0. The van der Waals surface area contributed by atoms with E-state index in [-0.39, 0.29) is 18.0 Å². The van der Waals surface area contributed by atoms with E-state index in [2.05, 4.69) is 11.4 Å². The van der Waals surface area contributed by atoms with Crippen molar-refractivity contribution in [3.05, 3.63) is 29.8 Å². The Morgan fingerprint density at radius 2 is 2.09 bits per heavy atom. The Hall–Kier alpha value is -1.88. The zero-order valence-electron chi connectivity index (χ0n) is 13.0. The van der Waals surface area contributed by atoms with Crippen LogP contribution in [0.1, 0.15) is 38.2 Å². The number of nitrogens with one attached hydrogen (secondary N) is 1. The molecule has 1 saturated heterocycles. The minimum Gasteiger partial charge on any atom is -0.461 e. The Bertz CT molecular complexity index is 587. The molecule has 1 aromatic rings. The predicted molar refractivity (Wildman–Crippen MR) is 83.8 cm³/mol. The Labute approximate surface area is 130 Å². The molecule has 1 fully saturated rings. The van der Waals surface area contributed by atoms with Gasteiger partial charge in [0.15, 0.2) is 0 Å². The Balaban J connectivity index is 1.67. The number of ether oxygens (including phenoxy) is 1. The molecule has 1 amide bonds. The third kappa shape index (κ3) is 2.99. The number of carbonyl (C=O) groups excluding carboxylic acids is 2. The number of rotatable bonds is 3. The maximum atomic E-state index is 11.8. The van der Waals surface area contributed by atoms with Gasteiger partial charge in [-0.3, -0.25) is 9.59 Å². The molecule has 118 valence electrons. The van der Waals surface area contributed by atoms with Gasteiger partial charge in [0.2, 0.25) is 5.91 Å². The van der Waals surface area contributed by atoms with E-state index in [1.165, 1.54) is 12.5 Å². The number of benzene rings is 1. The number of carbonyl (C=O) groups is 2. The van der Waals surface area contributed by atoms with Crippen molar-refractivity contribution in [3.8, 4) is 0 Å². The third-order valence-corrected chi connectivity index (χ3v) is 4.53. The summed E-state index contributed by atoms with van der Waals surface area (Å²) in [6.45, 7) is 4.52. The van der Waals surface area contributed by atoms with E-state index in [0.29, 0.717) is 12.0 Å². The van der Waals surface area contributed by atoms with Crippen LogP contribution in [-0.2, 0) is 14.3 Å². The number of hydrogen-bond donors (Lipinski definition) is 1. The second kappa shape index (κ2) is 6.08. The van der Waals surface area contributed by atoms with Crippen molar-refractivity contribution in [1.29, 1.82) is 0 Å². The smallest absolute Gasteiger partial charge is 0.302 e. The highest BCUT2D eigenvalue weighted by Crippen LogP contribution is 2.39. The molecule has 2 aliphatic heterocycles. The molecule has 0 spiro atoms. The zero-order chi connectivity index (χ0) is 15.7. The summed E-state index contributed by atoms with van der Waals surface area (Å²) in [6.07, 6.45) is 1.78. The van der Waals surface area contributed by atoms with Crippen LogP contribution in [0.5, 0.6) is 0 Å². The second-order valence-electron chi connectivity index (χ2n) is 6.19. The van der Waals surface area contributed by atoms with E-state index in [0.717, 1.165) is 31.6 Å². The molecule has 2 heterocycles.